The van der Waals surface area contributed by atoms with Gasteiger partial charge in [0.05, 0.1) is 16.7 Å². The number of para-hydroxylation sites is 1. The number of anilines is 3. The Bertz CT molecular complexity index is 2710. The van der Waals surface area contributed by atoms with E-state index in [1.807, 2.05) is 24.5 Å². The van der Waals surface area contributed by atoms with Crippen molar-refractivity contribution in [2.24, 2.45) is 0 Å². The monoisotopic (exact) mass is 652 g/mol. The van der Waals surface area contributed by atoms with Gasteiger partial charge in [0.25, 0.3) is 0 Å². The first-order valence-corrected chi connectivity index (χ1v) is 17.4. The van der Waals surface area contributed by atoms with Crippen molar-refractivity contribution >= 4 is 38.9 Å². The zero-order chi connectivity index (χ0) is 33.7. The Labute approximate surface area is 296 Å². The molecule has 3 aromatic heterocycles. The van der Waals surface area contributed by atoms with Gasteiger partial charge in [-0.1, -0.05) is 103 Å². The fourth-order valence-corrected chi connectivity index (χ4v) is 7.82. The lowest BCUT2D eigenvalue weighted by Crippen LogP contribution is -2.10. The predicted octanol–water partition coefficient (Wildman–Crippen LogP) is 11.9. The van der Waals surface area contributed by atoms with Crippen LogP contribution >= 0.6 is 0 Å². The van der Waals surface area contributed by atoms with Gasteiger partial charge in [0.1, 0.15) is 5.82 Å². The molecule has 4 nitrogen and oxygen atoms in total. The highest BCUT2D eigenvalue weighted by atomic mass is 15.1. The molecule has 9 aromatic rings. The molecule has 0 N–H and O–H groups in total. The van der Waals surface area contributed by atoms with Crippen LogP contribution in [0.25, 0.3) is 61.1 Å². The number of aromatic nitrogens is 3. The topological polar surface area (TPSA) is 34.0 Å². The molecule has 0 unspecified atom stereocenters. The van der Waals surface area contributed by atoms with Crippen molar-refractivity contribution < 1.29 is 0 Å². The van der Waals surface area contributed by atoms with Crippen LogP contribution in [-0.2, 0) is 6.42 Å². The maximum absolute atomic E-state index is 4.87. The Balaban J connectivity index is 1.18. The van der Waals surface area contributed by atoms with E-state index in [9.17, 15) is 0 Å². The van der Waals surface area contributed by atoms with E-state index in [1.165, 1.54) is 38.6 Å². The number of hydrogen-bond acceptors (Lipinski definition) is 3. The number of nitrogens with zero attached hydrogens (tertiary/aromatic N) is 4. The second-order valence-corrected chi connectivity index (χ2v) is 13.1. The van der Waals surface area contributed by atoms with E-state index in [-0.39, 0.29) is 0 Å². The maximum Gasteiger partial charge on any atom is 0.137 e. The molecule has 1 aliphatic rings. The highest BCUT2D eigenvalue weighted by Crippen LogP contribution is 2.47. The SMILES string of the molecule is c1ccc(-c2ccnc(-c3cccc(N(c4ccccc4)c4ccc5c6c7c(ccc6n(-c6ccccn6)c5c4)Cc4ccccc4-7)c3)c2)cc1. The van der Waals surface area contributed by atoms with E-state index in [0.717, 1.165) is 57.2 Å². The van der Waals surface area contributed by atoms with Crippen molar-refractivity contribution in [2.45, 2.75) is 6.42 Å². The quantitative estimate of drug-likeness (QED) is 0.179. The maximum atomic E-state index is 4.87. The standard InChI is InChI=1S/C47H32N4/c1-3-12-32(13-4-1)33-25-27-48-42(30-33)35-15-11-18-38(29-35)50(37-16-5-2-6-17-37)39-22-23-41-44(31-39)51(45-20-9-10-26-49-45)43-24-21-36-28-34-14-7-8-19-40(34)46(36)47(41)43/h1-27,29-31H,28H2. The number of rotatable bonds is 6. The molecule has 4 heteroatoms. The molecule has 0 saturated heterocycles. The minimum Gasteiger partial charge on any atom is -0.310 e. The van der Waals surface area contributed by atoms with Crippen molar-refractivity contribution in [3.05, 3.63) is 193 Å². The zero-order valence-corrected chi connectivity index (χ0v) is 27.8. The van der Waals surface area contributed by atoms with E-state index >= 15 is 0 Å². The summed E-state index contributed by atoms with van der Waals surface area (Å²) < 4.78 is 2.33. The molecule has 0 saturated carbocycles. The average molecular weight is 653 g/mol. The Morgan fingerprint density at radius 2 is 1.24 bits per heavy atom. The third-order valence-electron chi connectivity index (χ3n) is 10.1. The molecule has 0 fully saturated rings. The van der Waals surface area contributed by atoms with Gasteiger partial charge in [-0.15, -0.1) is 0 Å². The molecule has 3 heterocycles. The molecule has 0 atom stereocenters. The Kier molecular flexibility index (Phi) is 6.85. The van der Waals surface area contributed by atoms with Crippen molar-refractivity contribution in [1.82, 2.24) is 14.5 Å². The van der Waals surface area contributed by atoms with Crippen molar-refractivity contribution in [1.29, 1.82) is 0 Å². The first-order chi connectivity index (χ1) is 25.3. The van der Waals surface area contributed by atoms with E-state index in [4.69, 9.17) is 9.97 Å². The fourth-order valence-electron chi connectivity index (χ4n) is 7.82. The summed E-state index contributed by atoms with van der Waals surface area (Å²) in [6.07, 6.45) is 4.73. The Morgan fingerprint density at radius 1 is 0.471 bits per heavy atom. The summed E-state index contributed by atoms with van der Waals surface area (Å²) in [7, 11) is 0. The Morgan fingerprint density at radius 3 is 2.10 bits per heavy atom. The van der Waals surface area contributed by atoms with Crippen LogP contribution in [0.1, 0.15) is 11.1 Å². The fraction of sp³-hybridized carbons (Fsp3) is 0.0213. The molecule has 240 valence electrons. The van der Waals surface area contributed by atoms with Gasteiger partial charge < -0.3 is 4.90 Å². The lowest BCUT2D eigenvalue weighted by Gasteiger charge is -2.26. The van der Waals surface area contributed by atoms with Gasteiger partial charge in [0.2, 0.25) is 0 Å². The van der Waals surface area contributed by atoms with Crippen LogP contribution in [0.5, 0.6) is 0 Å². The lowest BCUT2D eigenvalue weighted by molar-refractivity contribution is 1.08. The van der Waals surface area contributed by atoms with Gasteiger partial charge >= 0.3 is 0 Å². The average Bonchev–Trinajstić information content (AvgIpc) is 3.75. The third kappa shape index (κ3) is 4.92. The smallest absolute Gasteiger partial charge is 0.137 e. The summed E-state index contributed by atoms with van der Waals surface area (Å²) in [6, 6.07) is 60.5. The van der Waals surface area contributed by atoms with Crippen LogP contribution in [0.15, 0.2) is 182 Å². The molecular formula is C47H32N4. The molecule has 6 aromatic carbocycles. The third-order valence-corrected chi connectivity index (χ3v) is 10.1. The Hall–Kier alpha value is -6.78. The second kappa shape index (κ2) is 12.0. The highest BCUT2D eigenvalue weighted by molar-refractivity contribution is 6.18. The normalized spacial score (nSPS) is 11.8. The van der Waals surface area contributed by atoms with E-state index in [1.54, 1.807) is 0 Å². The van der Waals surface area contributed by atoms with Crippen LogP contribution in [-0.4, -0.2) is 14.5 Å². The molecular weight excluding hydrogens is 621 g/mol. The minimum absolute atomic E-state index is 0.901. The number of fused-ring (bicyclic) bond motifs is 7. The summed E-state index contributed by atoms with van der Waals surface area (Å²) in [4.78, 5) is 12.0. The van der Waals surface area contributed by atoms with Gasteiger partial charge in [0, 0.05) is 45.8 Å². The van der Waals surface area contributed by atoms with E-state index in [2.05, 4.69) is 167 Å². The molecule has 0 spiro atoms. The minimum atomic E-state index is 0.901. The molecule has 0 amide bonds. The molecule has 10 rings (SSSR count). The van der Waals surface area contributed by atoms with Crippen LogP contribution < -0.4 is 4.90 Å². The van der Waals surface area contributed by atoms with Gasteiger partial charge in [0.15, 0.2) is 0 Å². The number of pyridine rings is 2. The number of hydrogen-bond donors (Lipinski definition) is 0. The van der Waals surface area contributed by atoms with Crippen LogP contribution in [0.3, 0.4) is 0 Å². The number of benzene rings is 6. The van der Waals surface area contributed by atoms with Crippen molar-refractivity contribution in [3.63, 3.8) is 0 Å². The largest absolute Gasteiger partial charge is 0.310 e. The van der Waals surface area contributed by atoms with Gasteiger partial charge in [-0.25, -0.2) is 4.98 Å². The van der Waals surface area contributed by atoms with Gasteiger partial charge in [-0.3, -0.25) is 9.55 Å². The lowest BCUT2D eigenvalue weighted by atomic mass is 9.99. The van der Waals surface area contributed by atoms with E-state index < -0.39 is 0 Å². The summed E-state index contributed by atoms with van der Waals surface area (Å²) in [5, 5.41) is 2.50. The second-order valence-electron chi connectivity index (χ2n) is 13.1. The van der Waals surface area contributed by atoms with Crippen LogP contribution in [0.4, 0.5) is 17.1 Å². The predicted molar refractivity (Wildman–Crippen MR) is 210 cm³/mol. The summed E-state index contributed by atoms with van der Waals surface area (Å²) >= 11 is 0. The van der Waals surface area contributed by atoms with Crippen LogP contribution in [0.2, 0.25) is 0 Å². The van der Waals surface area contributed by atoms with Crippen molar-refractivity contribution in [2.75, 3.05) is 4.90 Å². The molecule has 0 aliphatic heterocycles. The summed E-state index contributed by atoms with van der Waals surface area (Å²) in [5.74, 6) is 0.901. The summed E-state index contributed by atoms with van der Waals surface area (Å²) in [5.41, 5.74) is 15.2. The van der Waals surface area contributed by atoms with Gasteiger partial charge in [-0.2, -0.15) is 0 Å². The zero-order valence-electron chi connectivity index (χ0n) is 27.8. The molecule has 51 heavy (non-hydrogen) atoms. The highest BCUT2D eigenvalue weighted by Gasteiger charge is 2.25. The van der Waals surface area contributed by atoms with Crippen molar-refractivity contribution in [3.8, 4) is 39.3 Å². The molecule has 0 bridgehead atoms. The van der Waals surface area contributed by atoms with Crippen LogP contribution in [0, 0.1) is 0 Å². The summed E-state index contributed by atoms with van der Waals surface area (Å²) in [6.45, 7) is 0. The first kappa shape index (κ1) is 29.2. The van der Waals surface area contributed by atoms with E-state index in [0.29, 0.717) is 0 Å². The molecule has 1 aliphatic carbocycles. The first-order valence-electron chi connectivity index (χ1n) is 17.4. The van der Waals surface area contributed by atoms with Gasteiger partial charge in [-0.05, 0) is 107 Å². The molecule has 0 radical (unpaired) electrons.